The number of aliphatic hydroxyl groups is 1. The van der Waals surface area contributed by atoms with Crippen molar-refractivity contribution in [2.75, 3.05) is 6.61 Å². The minimum atomic E-state index is -3.26. The Balaban J connectivity index is 2.90. The molecule has 1 aromatic rings. The summed E-state index contributed by atoms with van der Waals surface area (Å²) in [6.07, 6.45) is 1.72. The fraction of sp³-hybridized carbons (Fsp3) is 0.727. The summed E-state index contributed by atoms with van der Waals surface area (Å²) in [5.74, 6) is -2.88. The highest BCUT2D eigenvalue weighted by Gasteiger charge is 2.30. The van der Waals surface area contributed by atoms with Gasteiger partial charge >= 0.3 is 0 Å². The zero-order valence-electron chi connectivity index (χ0n) is 10.4. The molecule has 0 amide bonds. The average molecular weight is 261 g/mol. The van der Waals surface area contributed by atoms with Crippen LogP contribution < -0.4 is 0 Å². The molecule has 0 aliphatic heterocycles. The normalized spacial score (nSPS) is 12.1. The molecule has 0 unspecified atom stereocenters. The molecule has 1 heterocycles. The van der Waals surface area contributed by atoms with Crippen LogP contribution in [0.1, 0.15) is 36.5 Å². The van der Waals surface area contributed by atoms with Gasteiger partial charge in [0.25, 0.3) is 5.92 Å². The average Bonchev–Trinajstić information content (AvgIpc) is 2.68. The lowest BCUT2D eigenvalue weighted by Crippen LogP contribution is -2.29. The van der Waals surface area contributed by atoms with E-state index in [1.54, 1.807) is 0 Å². The van der Waals surface area contributed by atoms with Crippen LogP contribution in [0.5, 0.6) is 0 Å². The Hall–Kier alpha value is -1.37. The van der Waals surface area contributed by atoms with Crippen LogP contribution in [-0.2, 0) is 13.0 Å². The van der Waals surface area contributed by atoms with Crippen molar-refractivity contribution in [2.24, 2.45) is 5.92 Å². The molecule has 0 aromatic carbocycles. The Bertz CT molecular complexity index is 405. The van der Waals surface area contributed by atoms with Gasteiger partial charge in [-0.15, -0.1) is 5.10 Å². The van der Waals surface area contributed by atoms with Gasteiger partial charge in [-0.2, -0.15) is 0 Å². The number of aliphatic hydroxyl groups excluding tert-OH is 1. The maximum atomic E-state index is 13.1. The van der Waals surface area contributed by atoms with Gasteiger partial charge in [0.15, 0.2) is 6.29 Å². The number of hydrogen-bond acceptors (Lipinski definition) is 4. The van der Waals surface area contributed by atoms with Gasteiger partial charge in [-0.25, -0.2) is 13.5 Å². The second-order valence-electron chi connectivity index (χ2n) is 4.64. The largest absolute Gasteiger partial charge is 0.390 e. The molecular formula is C11H17F2N3O2. The molecule has 0 fully saturated rings. The first kappa shape index (κ1) is 14.7. The minimum absolute atomic E-state index is 0.0874. The van der Waals surface area contributed by atoms with Crippen LogP contribution in [0, 0.1) is 5.92 Å². The molecule has 102 valence electrons. The molecule has 1 N–H and O–H groups in total. The minimum Gasteiger partial charge on any atom is -0.390 e. The fourth-order valence-electron chi connectivity index (χ4n) is 1.52. The second kappa shape index (κ2) is 5.99. The van der Waals surface area contributed by atoms with Crippen molar-refractivity contribution in [3.8, 4) is 0 Å². The molecule has 1 aromatic heterocycles. The Kier molecular flexibility index (Phi) is 4.89. The van der Waals surface area contributed by atoms with Crippen LogP contribution in [0.4, 0.5) is 8.78 Å². The Morgan fingerprint density at radius 1 is 1.50 bits per heavy atom. The summed E-state index contributed by atoms with van der Waals surface area (Å²) in [5, 5.41) is 15.7. The molecule has 0 bridgehead atoms. The van der Waals surface area contributed by atoms with Crippen molar-refractivity contribution < 1.29 is 18.7 Å². The molecule has 18 heavy (non-hydrogen) atoms. The number of aldehydes is 1. The Morgan fingerprint density at radius 2 is 2.17 bits per heavy atom. The topological polar surface area (TPSA) is 68.0 Å². The summed E-state index contributed by atoms with van der Waals surface area (Å²) in [4.78, 5) is 10.8. The first-order valence-electron chi connectivity index (χ1n) is 5.76. The number of carbonyl (C=O) groups is 1. The number of alkyl halides is 2. The number of nitrogens with zero attached hydrogens (tertiary/aromatic N) is 3. The van der Waals surface area contributed by atoms with Crippen LogP contribution in [0.25, 0.3) is 0 Å². The van der Waals surface area contributed by atoms with E-state index in [-0.39, 0.29) is 5.69 Å². The van der Waals surface area contributed by atoms with Gasteiger partial charge in [0, 0.05) is 0 Å². The van der Waals surface area contributed by atoms with E-state index in [1.165, 1.54) is 0 Å². The van der Waals surface area contributed by atoms with Gasteiger partial charge in [0.1, 0.15) is 18.8 Å². The molecule has 5 nitrogen and oxygen atoms in total. The summed E-state index contributed by atoms with van der Waals surface area (Å²) in [7, 11) is 0. The predicted molar refractivity (Wildman–Crippen MR) is 60.6 cm³/mol. The molecule has 0 aliphatic rings. The van der Waals surface area contributed by atoms with E-state index >= 15 is 0 Å². The van der Waals surface area contributed by atoms with E-state index in [0.29, 0.717) is 24.3 Å². The van der Waals surface area contributed by atoms with E-state index in [2.05, 4.69) is 10.3 Å². The van der Waals surface area contributed by atoms with Crippen LogP contribution in [0.2, 0.25) is 0 Å². The van der Waals surface area contributed by atoms with Crippen molar-refractivity contribution in [3.05, 3.63) is 11.4 Å². The second-order valence-corrected chi connectivity index (χ2v) is 4.64. The first-order chi connectivity index (χ1) is 8.39. The first-order valence-corrected chi connectivity index (χ1v) is 5.76. The van der Waals surface area contributed by atoms with E-state index in [1.807, 2.05) is 13.8 Å². The summed E-state index contributed by atoms with van der Waals surface area (Å²) in [6.45, 7) is 1.97. The smallest absolute Gasteiger partial charge is 0.289 e. The fourth-order valence-corrected chi connectivity index (χ4v) is 1.52. The van der Waals surface area contributed by atoms with Crippen LogP contribution >= 0.6 is 0 Å². The maximum Gasteiger partial charge on any atom is 0.289 e. The maximum absolute atomic E-state index is 13.1. The van der Waals surface area contributed by atoms with Crippen molar-refractivity contribution in [1.82, 2.24) is 15.0 Å². The van der Waals surface area contributed by atoms with Crippen LogP contribution in [0.3, 0.4) is 0 Å². The van der Waals surface area contributed by atoms with Gasteiger partial charge in [-0.1, -0.05) is 19.1 Å². The summed E-state index contributed by atoms with van der Waals surface area (Å²) >= 11 is 0. The number of rotatable bonds is 7. The lowest BCUT2D eigenvalue weighted by atomic mass is 10.1. The molecule has 1 rings (SSSR count). The lowest BCUT2D eigenvalue weighted by Gasteiger charge is -2.15. The summed E-state index contributed by atoms with van der Waals surface area (Å²) in [6, 6.07) is 0. The third-order valence-electron chi connectivity index (χ3n) is 2.55. The Morgan fingerprint density at radius 3 is 2.67 bits per heavy atom. The number of halogens is 2. The molecule has 7 heteroatoms. The SMILES string of the molecule is CC(C)CCc1c(C=O)nnn1CC(F)(F)CO. The number of aromatic nitrogens is 3. The summed E-state index contributed by atoms with van der Waals surface area (Å²) < 4.78 is 27.2. The van der Waals surface area contributed by atoms with Gasteiger partial charge in [-0.3, -0.25) is 4.79 Å². The molecule has 0 aliphatic carbocycles. The molecule has 0 radical (unpaired) electrons. The third-order valence-corrected chi connectivity index (χ3v) is 2.55. The monoisotopic (exact) mass is 261 g/mol. The predicted octanol–water partition coefficient (Wildman–Crippen LogP) is 1.31. The van der Waals surface area contributed by atoms with Gasteiger partial charge in [0.2, 0.25) is 0 Å². The highest BCUT2D eigenvalue weighted by atomic mass is 19.3. The Labute approximate surface area is 104 Å². The highest BCUT2D eigenvalue weighted by molar-refractivity contribution is 5.73. The van der Waals surface area contributed by atoms with E-state index in [9.17, 15) is 13.6 Å². The lowest BCUT2D eigenvalue weighted by molar-refractivity contribution is -0.0660. The molecule has 0 atom stereocenters. The van der Waals surface area contributed by atoms with Gasteiger partial charge < -0.3 is 5.11 Å². The van der Waals surface area contributed by atoms with Crippen molar-refractivity contribution in [1.29, 1.82) is 0 Å². The molecule has 0 saturated carbocycles. The van der Waals surface area contributed by atoms with Crippen molar-refractivity contribution in [2.45, 2.75) is 39.2 Å². The van der Waals surface area contributed by atoms with Crippen molar-refractivity contribution in [3.63, 3.8) is 0 Å². The molecular weight excluding hydrogens is 244 g/mol. The highest BCUT2D eigenvalue weighted by Crippen LogP contribution is 2.18. The van der Waals surface area contributed by atoms with Crippen LogP contribution in [0.15, 0.2) is 0 Å². The number of carbonyl (C=O) groups excluding carboxylic acids is 1. The third kappa shape index (κ3) is 3.83. The molecule has 0 spiro atoms. The van der Waals surface area contributed by atoms with Gasteiger partial charge in [0.05, 0.1) is 5.69 Å². The quantitative estimate of drug-likeness (QED) is 0.751. The summed E-state index contributed by atoms with van der Waals surface area (Å²) in [5.41, 5.74) is 0.483. The zero-order valence-corrected chi connectivity index (χ0v) is 10.4. The van der Waals surface area contributed by atoms with Crippen molar-refractivity contribution >= 4 is 6.29 Å². The van der Waals surface area contributed by atoms with E-state index < -0.39 is 19.1 Å². The van der Waals surface area contributed by atoms with Gasteiger partial charge in [-0.05, 0) is 18.8 Å². The molecule has 0 saturated heterocycles. The van der Waals surface area contributed by atoms with E-state index in [4.69, 9.17) is 5.11 Å². The number of hydrogen-bond donors (Lipinski definition) is 1. The van der Waals surface area contributed by atoms with E-state index in [0.717, 1.165) is 11.1 Å². The van der Waals surface area contributed by atoms with Crippen LogP contribution in [-0.4, -0.2) is 38.9 Å². The standard InChI is InChI=1S/C11H17F2N3O2/c1-8(2)3-4-10-9(5-17)14-15-16(10)6-11(12,13)7-18/h5,8,18H,3-4,6-7H2,1-2H3. The zero-order chi connectivity index (χ0) is 13.8.